The standard InChI is InChI=1S/C15H17ClN2O2S.C6H6.Ru/c1-21(19,20)18-15(16,13-10-6-3-7-11-13)14(17)12-8-4-2-5-9-12;1-2-4-6-5-3-1;/h2-11,14,18H,17H2,1H3;1-6H;/t14-,15-;;/m0../s1. The molecule has 28 heavy (non-hydrogen) atoms. The molecule has 150 valence electrons. The van der Waals surface area contributed by atoms with Gasteiger partial charge in [-0.3, -0.25) is 0 Å². The monoisotopic (exact) mass is 504 g/mol. The number of benzene rings is 3. The maximum absolute atomic E-state index is 11.7. The molecule has 0 saturated heterocycles. The molecule has 0 aromatic heterocycles. The van der Waals surface area contributed by atoms with Crippen LogP contribution in [-0.4, -0.2) is 14.7 Å². The third kappa shape index (κ3) is 7.46. The van der Waals surface area contributed by atoms with E-state index >= 15 is 0 Å². The summed E-state index contributed by atoms with van der Waals surface area (Å²) in [5, 5.41) is 0. The van der Waals surface area contributed by atoms with Crippen LogP contribution in [0.3, 0.4) is 0 Å². The van der Waals surface area contributed by atoms with E-state index in [-0.39, 0.29) is 19.5 Å². The van der Waals surface area contributed by atoms with Gasteiger partial charge in [0.1, 0.15) is 0 Å². The second-order valence-corrected chi connectivity index (χ2v) is 8.34. The van der Waals surface area contributed by atoms with Gasteiger partial charge < -0.3 is 5.73 Å². The SMILES string of the molecule is CS(=O)(=O)N[C@@](Cl)(c1ccccc1)[C@@H](N)c1ccccc1.[Ru].c1ccccc1. The molecular weight excluding hydrogens is 481 g/mol. The summed E-state index contributed by atoms with van der Waals surface area (Å²) in [5.41, 5.74) is 7.59. The van der Waals surface area contributed by atoms with E-state index in [2.05, 4.69) is 4.72 Å². The summed E-state index contributed by atoms with van der Waals surface area (Å²) < 4.78 is 25.9. The van der Waals surface area contributed by atoms with E-state index in [0.29, 0.717) is 5.56 Å². The van der Waals surface area contributed by atoms with Gasteiger partial charge in [0.25, 0.3) is 0 Å². The topological polar surface area (TPSA) is 72.2 Å². The van der Waals surface area contributed by atoms with Crippen LogP contribution in [0.4, 0.5) is 0 Å². The molecule has 3 aromatic rings. The summed E-state index contributed by atoms with van der Waals surface area (Å²) in [6, 6.07) is 29.3. The van der Waals surface area contributed by atoms with Crippen molar-refractivity contribution in [3.63, 3.8) is 0 Å². The van der Waals surface area contributed by atoms with E-state index in [1.54, 1.807) is 24.3 Å². The zero-order chi connectivity index (χ0) is 19.8. The number of hydrogen-bond acceptors (Lipinski definition) is 3. The molecule has 0 fully saturated rings. The average molecular weight is 504 g/mol. The molecule has 0 aliphatic rings. The molecule has 3 rings (SSSR count). The minimum absolute atomic E-state index is 0. The first-order valence-electron chi connectivity index (χ1n) is 8.37. The van der Waals surface area contributed by atoms with Crippen molar-refractivity contribution in [2.45, 2.75) is 11.0 Å². The van der Waals surface area contributed by atoms with E-state index in [1.807, 2.05) is 72.8 Å². The van der Waals surface area contributed by atoms with Crippen molar-refractivity contribution in [3.05, 3.63) is 108 Å². The molecule has 0 amide bonds. The Hall–Kier alpha value is -1.56. The quantitative estimate of drug-likeness (QED) is 0.314. The van der Waals surface area contributed by atoms with Gasteiger partial charge in [-0.05, 0) is 11.1 Å². The van der Waals surface area contributed by atoms with Crippen molar-refractivity contribution in [3.8, 4) is 0 Å². The minimum Gasteiger partial charge on any atom is -0.321 e. The van der Waals surface area contributed by atoms with E-state index in [4.69, 9.17) is 17.3 Å². The van der Waals surface area contributed by atoms with E-state index in [0.717, 1.165) is 11.8 Å². The van der Waals surface area contributed by atoms with Gasteiger partial charge in [0.2, 0.25) is 10.0 Å². The van der Waals surface area contributed by atoms with Crippen molar-refractivity contribution < 1.29 is 27.9 Å². The fraction of sp³-hybridized carbons (Fsp3) is 0.143. The maximum atomic E-state index is 11.7. The summed E-state index contributed by atoms with van der Waals surface area (Å²) in [6.45, 7) is 0. The Labute approximate surface area is 184 Å². The Kier molecular flexibility index (Phi) is 10.0. The third-order valence-electron chi connectivity index (χ3n) is 3.78. The predicted octanol–water partition coefficient (Wildman–Crippen LogP) is 4.01. The van der Waals surface area contributed by atoms with Crippen molar-refractivity contribution in [2.24, 2.45) is 5.73 Å². The fourth-order valence-corrected chi connectivity index (χ4v) is 3.98. The number of sulfonamides is 1. The molecule has 0 aliphatic carbocycles. The van der Waals surface area contributed by atoms with Gasteiger partial charge in [-0.2, -0.15) is 4.72 Å². The molecule has 0 heterocycles. The molecular formula is C21H23ClN2O2RuS. The number of nitrogens with one attached hydrogen (secondary N) is 1. The van der Waals surface area contributed by atoms with Gasteiger partial charge in [0, 0.05) is 19.5 Å². The van der Waals surface area contributed by atoms with Crippen molar-refractivity contribution >= 4 is 21.6 Å². The van der Waals surface area contributed by atoms with Gasteiger partial charge in [-0.15, -0.1) is 0 Å². The van der Waals surface area contributed by atoms with E-state index < -0.39 is 21.1 Å². The molecule has 3 N–H and O–H groups in total. The zero-order valence-electron chi connectivity index (χ0n) is 15.3. The molecule has 0 spiro atoms. The maximum Gasteiger partial charge on any atom is 0.210 e. The Morgan fingerprint density at radius 3 is 1.57 bits per heavy atom. The van der Waals surface area contributed by atoms with Gasteiger partial charge in [0.15, 0.2) is 5.00 Å². The van der Waals surface area contributed by atoms with Crippen molar-refractivity contribution in [1.29, 1.82) is 0 Å². The summed E-state index contributed by atoms with van der Waals surface area (Å²) in [4.78, 5) is -1.45. The molecule has 0 unspecified atom stereocenters. The number of rotatable bonds is 5. The molecule has 4 nitrogen and oxygen atoms in total. The second kappa shape index (κ2) is 11.4. The molecule has 0 radical (unpaired) electrons. The summed E-state index contributed by atoms with van der Waals surface area (Å²) >= 11 is 6.62. The Morgan fingerprint density at radius 2 is 1.18 bits per heavy atom. The predicted molar refractivity (Wildman–Crippen MR) is 112 cm³/mol. The van der Waals surface area contributed by atoms with Gasteiger partial charge >= 0.3 is 0 Å². The zero-order valence-corrected chi connectivity index (χ0v) is 18.7. The van der Waals surface area contributed by atoms with Crippen molar-refractivity contribution in [1.82, 2.24) is 4.72 Å². The van der Waals surface area contributed by atoms with Crippen LogP contribution in [0, 0.1) is 0 Å². The minimum atomic E-state index is -3.54. The molecule has 7 heteroatoms. The van der Waals surface area contributed by atoms with Gasteiger partial charge in [-0.25, -0.2) is 8.42 Å². The van der Waals surface area contributed by atoms with Crippen LogP contribution in [0.5, 0.6) is 0 Å². The molecule has 2 atom stereocenters. The van der Waals surface area contributed by atoms with Crippen molar-refractivity contribution in [2.75, 3.05) is 6.26 Å². The second-order valence-electron chi connectivity index (χ2n) is 6.00. The fourth-order valence-electron chi connectivity index (χ4n) is 2.53. The first-order chi connectivity index (χ1) is 12.8. The summed E-state index contributed by atoms with van der Waals surface area (Å²) in [5.74, 6) is 0. The number of alkyl halides is 1. The Bertz CT molecular complexity index is 886. The van der Waals surface area contributed by atoms with Crippen LogP contribution in [0.2, 0.25) is 0 Å². The molecule has 0 saturated carbocycles. The number of hydrogen-bond donors (Lipinski definition) is 2. The van der Waals surface area contributed by atoms with Gasteiger partial charge in [0.05, 0.1) is 12.3 Å². The van der Waals surface area contributed by atoms with Gasteiger partial charge in [-0.1, -0.05) is 109 Å². The average Bonchev–Trinajstić information content (AvgIpc) is 2.69. The van der Waals surface area contributed by atoms with Crippen LogP contribution in [0.1, 0.15) is 17.2 Å². The van der Waals surface area contributed by atoms with Crippen LogP contribution in [0.15, 0.2) is 97.1 Å². The first kappa shape index (κ1) is 24.5. The largest absolute Gasteiger partial charge is 0.321 e. The summed E-state index contributed by atoms with van der Waals surface area (Å²) in [7, 11) is -3.54. The molecule has 3 aromatic carbocycles. The van der Waals surface area contributed by atoms with Crippen LogP contribution < -0.4 is 10.5 Å². The molecule has 0 aliphatic heterocycles. The third-order valence-corrected chi connectivity index (χ3v) is 5.13. The van der Waals surface area contributed by atoms with Crippen LogP contribution in [0.25, 0.3) is 0 Å². The summed E-state index contributed by atoms with van der Waals surface area (Å²) in [6.07, 6.45) is 1.06. The normalized spacial score (nSPS) is 13.8. The van der Waals surface area contributed by atoms with Crippen LogP contribution in [-0.2, 0) is 34.5 Å². The van der Waals surface area contributed by atoms with E-state index in [9.17, 15) is 8.42 Å². The first-order valence-corrected chi connectivity index (χ1v) is 10.6. The molecule has 0 bridgehead atoms. The smallest absolute Gasteiger partial charge is 0.210 e. The Morgan fingerprint density at radius 1 is 0.821 bits per heavy atom. The van der Waals surface area contributed by atoms with E-state index in [1.165, 1.54) is 0 Å². The number of nitrogens with two attached hydrogens (primary N) is 1. The van der Waals surface area contributed by atoms with Crippen LogP contribution >= 0.6 is 11.6 Å². The Balaban J connectivity index is 0.000000478. The number of halogens is 1.